The Hall–Kier alpha value is -1.89. The summed E-state index contributed by atoms with van der Waals surface area (Å²) >= 11 is 13.5. The van der Waals surface area contributed by atoms with Gasteiger partial charge in [-0.2, -0.15) is 0 Å². The van der Waals surface area contributed by atoms with E-state index >= 15 is 0 Å². The summed E-state index contributed by atoms with van der Waals surface area (Å²) in [6.07, 6.45) is 1.90. The molecule has 0 saturated heterocycles. The summed E-state index contributed by atoms with van der Waals surface area (Å²) in [5.41, 5.74) is 1.89. The molecule has 2 aromatic carbocycles. The molecule has 0 radical (unpaired) electrons. The molecule has 0 aliphatic rings. The van der Waals surface area contributed by atoms with E-state index in [0.717, 1.165) is 24.0 Å². The molecular weight excluding hydrogens is 467 g/mol. The largest absolute Gasteiger partial charge is 0.497 e. The lowest BCUT2D eigenvalue weighted by Crippen LogP contribution is -2.48. The Bertz CT molecular complexity index is 911. The quantitative estimate of drug-likeness (QED) is 0.390. The third-order valence-electron chi connectivity index (χ3n) is 4.96. The molecule has 0 aliphatic heterocycles. The molecule has 0 bridgehead atoms. The molecule has 174 valence electrons. The van der Waals surface area contributed by atoms with Gasteiger partial charge in [-0.1, -0.05) is 54.7 Å². The van der Waals surface area contributed by atoms with Gasteiger partial charge in [0.1, 0.15) is 11.8 Å². The Balaban J connectivity index is 2.07. The normalized spacial score (nSPS) is 11.7. The van der Waals surface area contributed by atoms with Gasteiger partial charge in [0.15, 0.2) is 0 Å². The van der Waals surface area contributed by atoms with Crippen molar-refractivity contribution in [3.8, 4) is 5.75 Å². The fourth-order valence-electron chi connectivity index (χ4n) is 3.05. The van der Waals surface area contributed by atoms with Crippen LogP contribution < -0.4 is 10.1 Å². The third kappa shape index (κ3) is 8.23. The van der Waals surface area contributed by atoms with Crippen LogP contribution in [-0.4, -0.2) is 42.2 Å². The number of carbonyl (C=O) groups is 2. The van der Waals surface area contributed by atoms with Gasteiger partial charge in [-0.15, -0.1) is 11.8 Å². The topological polar surface area (TPSA) is 58.6 Å². The summed E-state index contributed by atoms with van der Waals surface area (Å²) in [5, 5.41) is 3.93. The van der Waals surface area contributed by atoms with E-state index in [9.17, 15) is 9.59 Å². The van der Waals surface area contributed by atoms with E-state index in [1.807, 2.05) is 30.3 Å². The van der Waals surface area contributed by atoms with Gasteiger partial charge in [-0.3, -0.25) is 9.59 Å². The van der Waals surface area contributed by atoms with Gasteiger partial charge in [-0.25, -0.2) is 0 Å². The number of nitrogens with one attached hydrogen (secondary N) is 1. The molecule has 8 heteroatoms. The zero-order chi connectivity index (χ0) is 23.5. The fourth-order valence-corrected chi connectivity index (χ4v) is 4.23. The molecule has 2 rings (SSSR count). The molecule has 0 saturated carbocycles. The molecule has 0 aliphatic carbocycles. The molecule has 0 unspecified atom stereocenters. The molecule has 32 heavy (non-hydrogen) atoms. The van der Waals surface area contributed by atoms with Gasteiger partial charge in [0.2, 0.25) is 11.8 Å². The van der Waals surface area contributed by atoms with E-state index in [4.69, 9.17) is 27.9 Å². The van der Waals surface area contributed by atoms with Crippen LogP contribution in [0.4, 0.5) is 0 Å². The summed E-state index contributed by atoms with van der Waals surface area (Å²) in [6.45, 7) is 4.76. The third-order valence-corrected chi connectivity index (χ3v) is 6.69. The molecule has 5 nitrogen and oxygen atoms in total. The number of hydrogen-bond acceptors (Lipinski definition) is 4. The highest BCUT2D eigenvalue weighted by Gasteiger charge is 2.26. The lowest BCUT2D eigenvalue weighted by molar-refractivity contribution is -0.138. The average molecular weight is 497 g/mol. The monoisotopic (exact) mass is 496 g/mol. The number of halogens is 2. The minimum absolute atomic E-state index is 0.101. The van der Waals surface area contributed by atoms with E-state index in [0.29, 0.717) is 34.6 Å². The predicted octanol–water partition coefficient (Wildman–Crippen LogP) is 5.57. The molecule has 0 spiro atoms. The summed E-state index contributed by atoms with van der Waals surface area (Å²) < 4.78 is 5.30. The Morgan fingerprint density at radius 2 is 1.91 bits per heavy atom. The minimum Gasteiger partial charge on any atom is -0.497 e. The van der Waals surface area contributed by atoms with E-state index in [1.165, 1.54) is 11.8 Å². The SMILES string of the molecule is CCCCNC(=O)[C@H](C)N(Cc1cccc(OC)c1)C(=O)CSCc1ccc(Cl)c(Cl)c1. The fraction of sp³-hybridized carbons (Fsp3) is 0.417. The van der Waals surface area contributed by atoms with Crippen LogP contribution in [0.5, 0.6) is 5.75 Å². The summed E-state index contributed by atoms with van der Waals surface area (Å²) in [5.74, 6) is 1.33. The second-order valence-electron chi connectivity index (χ2n) is 7.43. The van der Waals surface area contributed by atoms with E-state index in [1.54, 1.807) is 31.1 Å². The number of ether oxygens (including phenoxy) is 1. The number of benzene rings is 2. The van der Waals surface area contributed by atoms with Crippen molar-refractivity contribution in [3.63, 3.8) is 0 Å². The lowest BCUT2D eigenvalue weighted by Gasteiger charge is -2.29. The number of thioether (sulfide) groups is 1. The maximum Gasteiger partial charge on any atom is 0.242 e. The van der Waals surface area contributed by atoms with Crippen molar-refractivity contribution in [2.75, 3.05) is 19.4 Å². The molecule has 2 aromatic rings. The molecule has 1 N–H and O–H groups in total. The molecule has 0 aromatic heterocycles. The Morgan fingerprint density at radius 1 is 1.12 bits per heavy atom. The van der Waals surface area contributed by atoms with Crippen LogP contribution in [0.25, 0.3) is 0 Å². The van der Waals surface area contributed by atoms with Gasteiger partial charge in [0.25, 0.3) is 0 Å². The number of rotatable bonds is 12. The average Bonchev–Trinajstić information content (AvgIpc) is 2.79. The maximum absolute atomic E-state index is 13.1. The predicted molar refractivity (Wildman–Crippen MR) is 134 cm³/mol. The highest BCUT2D eigenvalue weighted by Crippen LogP contribution is 2.25. The molecule has 1 atom stereocenters. The van der Waals surface area contributed by atoms with Crippen LogP contribution in [0.15, 0.2) is 42.5 Å². The zero-order valence-corrected chi connectivity index (χ0v) is 21.0. The van der Waals surface area contributed by atoms with Gasteiger partial charge in [0.05, 0.1) is 22.9 Å². The van der Waals surface area contributed by atoms with Crippen LogP contribution in [0.3, 0.4) is 0 Å². The first-order valence-electron chi connectivity index (χ1n) is 10.6. The van der Waals surface area contributed by atoms with Crippen LogP contribution in [0, 0.1) is 0 Å². The van der Waals surface area contributed by atoms with Gasteiger partial charge in [-0.05, 0) is 48.7 Å². The van der Waals surface area contributed by atoms with Crippen LogP contribution in [0.1, 0.15) is 37.8 Å². The highest BCUT2D eigenvalue weighted by atomic mass is 35.5. The minimum atomic E-state index is -0.587. The van der Waals surface area contributed by atoms with Gasteiger partial charge < -0.3 is 15.0 Å². The number of carbonyl (C=O) groups excluding carboxylic acids is 2. The lowest BCUT2D eigenvalue weighted by atomic mass is 10.1. The van der Waals surface area contributed by atoms with Gasteiger partial charge in [0, 0.05) is 18.8 Å². The smallest absolute Gasteiger partial charge is 0.242 e. The Morgan fingerprint density at radius 3 is 2.59 bits per heavy atom. The highest BCUT2D eigenvalue weighted by molar-refractivity contribution is 7.99. The maximum atomic E-state index is 13.1. The van der Waals surface area contributed by atoms with Gasteiger partial charge >= 0.3 is 0 Å². The Kier molecular flexibility index (Phi) is 11.2. The van der Waals surface area contributed by atoms with Crippen LogP contribution in [-0.2, 0) is 21.9 Å². The van der Waals surface area contributed by atoms with Crippen molar-refractivity contribution in [2.24, 2.45) is 0 Å². The van der Waals surface area contributed by atoms with Crippen molar-refractivity contribution < 1.29 is 14.3 Å². The Labute approximate surface area is 204 Å². The second-order valence-corrected chi connectivity index (χ2v) is 9.23. The standard InChI is InChI=1S/C24H30Cl2N2O3S/c1-4-5-11-27-24(30)17(2)28(14-18-7-6-8-20(12-18)31-3)23(29)16-32-15-19-9-10-21(25)22(26)13-19/h6-10,12-13,17H,4-5,11,14-16H2,1-3H3,(H,27,30)/t17-/m0/s1. The molecule has 0 fully saturated rings. The van der Waals surface area contributed by atoms with Crippen molar-refractivity contribution in [1.82, 2.24) is 10.2 Å². The van der Waals surface area contributed by atoms with Crippen molar-refractivity contribution in [1.29, 1.82) is 0 Å². The van der Waals surface area contributed by atoms with Crippen LogP contribution >= 0.6 is 35.0 Å². The van der Waals surface area contributed by atoms with E-state index in [-0.39, 0.29) is 17.6 Å². The summed E-state index contributed by atoms with van der Waals surface area (Å²) in [6, 6.07) is 12.4. The van der Waals surface area contributed by atoms with Crippen LogP contribution in [0.2, 0.25) is 10.0 Å². The number of nitrogens with zero attached hydrogens (tertiary/aromatic N) is 1. The number of unbranched alkanes of at least 4 members (excludes halogenated alkanes) is 1. The molecule has 2 amide bonds. The first-order chi connectivity index (χ1) is 15.3. The van der Waals surface area contributed by atoms with Crippen molar-refractivity contribution in [3.05, 3.63) is 63.6 Å². The zero-order valence-electron chi connectivity index (χ0n) is 18.7. The molecular formula is C24H30Cl2N2O3S. The van der Waals surface area contributed by atoms with Crippen molar-refractivity contribution in [2.45, 2.75) is 45.0 Å². The van der Waals surface area contributed by atoms with Crippen molar-refractivity contribution >= 4 is 46.8 Å². The number of hydrogen-bond donors (Lipinski definition) is 1. The van der Waals surface area contributed by atoms with E-state index < -0.39 is 6.04 Å². The van der Waals surface area contributed by atoms with E-state index in [2.05, 4.69) is 12.2 Å². The number of amides is 2. The summed E-state index contributed by atoms with van der Waals surface area (Å²) in [7, 11) is 1.60. The molecule has 0 heterocycles. The number of methoxy groups -OCH3 is 1. The first-order valence-corrected chi connectivity index (χ1v) is 12.5. The summed E-state index contributed by atoms with van der Waals surface area (Å²) in [4.78, 5) is 27.4. The second kappa shape index (κ2) is 13.6. The first kappa shape index (κ1) is 26.4.